The summed E-state index contributed by atoms with van der Waals surface area (Å²) in [7, 11) is 0. The van der Waals surface area contributed by atoms with E-state index in [2.05, 4.69) is 68.0 Å². The molecular formula is C62H65Cl4F3N12O13. The Kier molecular flexibility index (Phi) is 22.4. The van der Waals surface area contributed by atoms with Gasteiger partial charge in [-0.05, 0) is 139 Å². The van der Waals surface area contributed by atoms with Gasteiger partial charge in [0.15, 0.2) is 23.3 Å². The number of aldehydes is 1. The number of alkyl halides is 3. The molecule has 4 saturated carbocycles. The number of carboxylic acids is 2. The highest BCUT2D eigenvalue weighted by Gasteiger charge is 2.38. The molecule has 32 heteroatoms. The molecule has 0 aliphatic heterocycles. The van der Waals surface area contributed by atoms with Crippen molar-refractivity contribution in [3.05, 3.63) is 140 Å². The van der Waals surface area contributed by atoms with Gasteiger partial charge in [-0.15, -0.1) is 20.4 Å². The van der Waals surface area contributed by atoms with Crippen LogP contribution in [0.25, 0.3) is 23.3 Å². The molecule has 2 N–H and O–H groups in total. The average molecular weight is 1390 g/mol. The Morgan fingerprint density at radius 3 is 0.819 bits per heavy atom. The Labute approximate surface area is 556 Å². The van der Waals surface area contributed by atoms with Gasteiger partial charge in [0.05, 0.1) is 22.3 Å². The van der Waals surface area contributed by atoms with E-state index in [0.29, 0.717) is 70.5 Å². The number of carbonyl (C=O) groups excluding carboxylic acids is 3. The fraction of sp³-hybridized carbons (Fsp3) is 0.403. The van der Waals surface area contributed by atoms with E-state index < -0.39 is 47.5 Å². The van der Waals surface area contributed by atoms with Crippen LogP contribution in [0.1, 0.15) is 136 Å². The number of hydrogen-bond acceptors (Lipinski definition) is 19. The van der Waals surface area contributed by atoms with Crippen molar-refractivity contribution in [2.75, 3.05) is 0 Å². The van der Waals surface area contributed by atoms with Crippen LogP contribution >= 0.6 is 46.4 Å². The number of halogens is 7. The quantitative estimate of drug-likeness (QED) is 0.0516. The van der Waals surface area contributed by atoms with Gasteiger partial charge in [0.25, 0.3) is 0 Å². The maximum Gasteiger partial charge on any atom is 0.446 e. The molecule has 0 unspecified atom stereocenters. The van der Waals surface area contributed by atoms with Crippen LogP contribution in [0.5, 0.6) is 23.5 Å². The van der Waals surface area contributed by atoms with E-state index in [1.807, 2.05) is 0 Å². The van der Waals surface area contributed by atoms with Crippen molar-refractivity contribution in [2.45, 2.75) is 137 Å². The van der Waals surface area contributed by atoms with Crippen molar-refractivity contribution in [1.82, 2.24) is 59.1 Å². The highest BCUT2D eigenvalue weighted by Crippen LogP contribution is 2.37. The highest BCUT2D eigenvalue weighted by atomic mass is 35.5. The van der Waals surface area contributed by atoms with E-state index in [1.165, 1.54) is 21.5 Å². The lowest BCUT2D eigenvalue weighted by Gasteiger charge is -2.19. The van der Waals surface area contributed by atoms with Crippen molar-refractivity contribution in [3.8, 4) is 46.8 Å². The number of pyridine rings is 4. The second-order valence-corrected chi connectivity index (χ2v) is 25.6. The summed E-state index contributed by atoms with van der Waals surface area (Å²) in [6, 6.07) is 19.5. The molecule has 0 radical (unpaired) electrons. The summed E-state index contributed by atoms with van der Waals surface area (Å²) in [5, 5.41) is 34.9. The fourth-order valence-corrected chi connectivity index (χ4v) is 8.83. The van der Waals surface area contributed by atoms with E-state index >= 15 is 0 Å². The molecule has 25 nitrogen and oxygen atoms in total. The van der Waals surface area contributed by atoms with Crippen LogP contribution in [-0.4, -0.2) is 141 Å². The van der Waals surface area contributed by atoms with Gasteiger partial charge in [-0.2, -0.15) is 13.2 Å². The summed E-state index contributed by atoms with van der Waals surface area (Å²) in [6.45, 7) is 19.3. The molecule has 4 aliphatic carbocycles. The number of esters is 2. The maximum atomic E-state index is 12.1. The van der Waals surface area contributed by atoms with Gasteiger partial charge >= 0.3 is 30.1 Å². The van der Waals surface area contributed by atoms with Crippen LogP contribution in [0.3, 0.4) is 0 Å². The van der Waals surface area contributed by atoms with Crippen molar-refractivity contribution in [2.24, 2.45) is 23.7 Å². The molecule has 0 spiro atoms. The molecule has 8 aromatic heterocycles. The van der Waals surface area contributed by atoms with Crippen molar-refractivity contribution in [1.29, 1.82) is 0 Å². The smallest absolute Gasteiger partial charge is 0.446 e. The third-order valence-electron chi connectivity index (χ3n) is 13.6. The number of carboxylic acid groups (broad SMARTS) is 2. The van der Waals surface area contributed by atoms with Crippen LogP contribution in [0.2, 0.25) is 20.6 Å². The number of aromatic carboxylic acids is 2. The third kappa shape index (κ3) is 20.8. The molecule has 4 fully saturated rings. The molecule has 8 atom stereocenters. The molecule has 0 amide bonds. The minimum Gasteiger partial charge on any atom is -0.478 e. The van der Waals surface area contributed by atoms with Crippen LogP contribution in [-0.2, 0) is 14.3 Å². The SMILES string of the molecule is C[C@@H]1C[C@H]1Oc1ccn(-c2ccc(C(=O)O)c(Cl)n2)n1.C[C@@H]1C[C@H]1Oc1ccn(-c2ccc(C(=O)OC(C)(C)C)c(Cl)n2)n1.C[C@H]1C[C@@H]1Oc1ccn(-c2ccc(C(=O)O)c(Cl)n2)n1.C[C@H]1C[C@@H]1Oc1ccn(-c2ccc(C(=O)OC(C)(C)C)c(Cl)n2)n1.O=CC(F)(F)F. The van der Waals surface area contributed by atoms with Crippen LogP contribution in [0.4, 0.5) is 13.2 Å². The van der Waals surface area contributed by atoms with Crippen molar-refractivity contribution in [3.63, 3.8) is 0 Å². The first-order valence-corrected chi connectivity index (χ1v) is 30.6. The Hall–Kier alpha value is -8.86. The van der Waals surface area contributed by atoms with Crippen LogP contribution in [0, 0.1) is 23.7 Å². The number of ether oxygens (including phenoxy) is 6. The largest absolute Gasteiger partial charge is 0.478 e. The van der Waals surface area contributed by atoms with Gasteiger partial charge in [-0.1, -0.05) is 74.1 Å². The zero-order valence-corrected chi connectivity index (χ0v) is 55.2. The van der Waals surface area contributed by atoms with Gasteiger partial charge in [-0.3, -0.25) is 4.79 Å². The monoisotopic (exact) mass is 1380 g/mol. The van der Waals surface area contributed by atoms with Gasteiger partial charge < -0.3 is 38.6 Å². The molecule has 4 aliphatic rings. The lowest BCUT2D eigenvalue weighted by molar-refractivity contribution is -0.156. The number of hydrogen-bond donors (Lipinski definition) is 2. The molecular weight excluding hydrogens is 1320 g/mol. The first kappa shape index (κ1) is 71.0. The molecule has 8 heterocycles. The zero-order chi connectivity index (χ0) is 68.7. The topological polar surface area (TPSA) is 304 Å². The number of rotatable bonds is 16. The summed E-state index contributed by atoms with van der Waals surface area (Å²) < 4.78 is 70.7. The molecule has 500 valence electrons. The zero-order valence-electron chi connectivity index (χ0n) is 52.2. The lowest BCUT2D eigenvalue weighted by atomic mass is 10.2. The first-order valence-electron chi connectivity index (χ1n) is 29.1. The first-order chi connectivity index (χ1) is 44.1. The highest BCUT2D eigenvalue weighted by molar-refractivity contribution is 6.33. The molecule has 94 heavy (non-hydrogen) atoms. The minimum atomic E-state index is -4.64. The summed E-state index contributed by atoms with van der Waals surface area (Å²) in [5.41, 5.74) is -0.797. The Bertz CT molecular complexity index is 3790. The number of aromatic nitrogens is 12. The predicted octanol–water partition coefficient (Wildman–Crippen LogP) is 12.9. The van der Waals surface area contributed by atoms with Gasteiger partial charge in [0.2, 0.25) is 29.8 Å². The second kappa shape index (κ2) is 29.6. The Morgan fingerprint density at radius 1 is 0.436 bits per heavy atom. The average Bonchev–Trinajstić information content (AvgIpc) is 1.39. The van der Waals surface area contributed by atoms with E-state index in [4.69, 9.17) is 89.8 Å². The maximum absolute atomic E-state index is 12.1. The fourth-order valence-electron chi connectivity index (χ4n) is 7.92. The molecule has 0 saturated heterocycles. The standard InChI is InChI=1S/2C17H20ClN3O3.2C13H12ClN3O3.C2HF3O/c2*1-10-9-12(10)23-14-7-8-21(20-14)13-6-5-11(15(18)19-13)16(22)24-17(2,3)4;2*1-7-6-9(7)20-11-4-5-17(16-11)10-3-2-8(13(18)19)12(14)15-10;3-2(4,5)1-6/h2*5-8,10,12H,9H2,1-4H3;2*2-5,7,9H,6H2,1H3,(H,18,19);1H/t2*10-,12-;2*7-,9-;/m1010./s1. The predicted molar refractivity (Wildman–Crippen MR) is 335 cm³/mol. The summed E-state index contributed by atoms with van der Waals surface area (Å²) >= 11 is 23.9. The third-order valence-corrected chi connectivity index (χ3v) is 14.7. The van der Waals surface area contributed by atoms with E-state index in [0.717, 1.165) is 25.7 Å². The molecule has 8 aromatic rings. The van der Waals surface area contributed by atoms with E-state index in [1.54, 1.807) is 136 Å². The second-order valence-electron chi connectivity index (χ2n) is 24.2. The lowest BCUT2D eigenvalue weighted by Crippen LogP contribution is -2.24. The number of carbonyl (C=O) groups is 5. The molecule has 0 bridgehead atoms. The van der Waals surface area contributed by atoms with Crippen molar-refractivity contribution >= 4 is 76.6 Å². The van der Waals surface area contributed by atoms with Gasteiger partial charge in [0, 0.05) is 49.1 Å². The Balaban J connectivity index is 0.000000156. The van der Waals surface area contributed by atoms with Crippen LogP contribution in [0.15, 0.2) is 97.6 Å². The van der Waals surface area contributed by atoms with Crippen molar-refractivity contribution < 1.29 is 75.8 Å². The number of nitrogens with zero attached hydrogens (tertiary/aromatic N) is 12. The summed E-state index contributed by atoms with van der Waals surface area (Å²) in [5.74, 6) is 3.14. The molecule has 12 rings (SSSR count). The molecule has 0 aromatic carbocycles. The van der Waals surface area contributed by atoms with Gasteiger partial charge in [-0.25, -0.2) is 57.8 Å². The summed E-state index contributed by atoms with van der Waals surface area (Å²) in [6.07, 6.45) is 6.36. The minimum absolute atomic E-state index is 0.0362. The van der Waals surface area contributed by atoms with Gasteiger partial charge in [0.1, 0.15) is 56.2 Å². The Morgan fingerprint density at radius 2 is 0.649 bits per heavy atom. The van der Waals surface area contributed by atoms with Crippen LogP contribution < -0.4 is 18.9 Å². The summed E-state index contributed by atoms with van der Waals surface area (Å²) in [4.78, 5) is 71.1. The van der Waals surface area contributed by atoms with E-state index in [-0.39, 0.29) is 67.3 Å². The van der Waals surface area contributed by atoms with E-state index in [9.17, 15) is 32.3 Å². The normalized spacial score (nSPS) is 19.7.